The maximum Gasteiger partial charge on any atom is 0.266 e. The zero-order chi connectivity index (χ0) is 30.9. The molecule has 4 aromatic carbocycles. The summed E-state index contributed by atoms with van der Waals surface area (Å²) >= 11 is 10.5. The number of ether oxygens (including phenoxy) is 2. The van der Waals surface area contributed by atoms with Crippen molar-refractivity contribution in [3.8, 4) is 5.75 Å². The fourth-order valence-corrected chi connectivity index (χ4v) is 5.74. The average molecular weight is 786 g/mol. The first-order valence-corrected chi connectivity index (χ1v) is 16.6. The van der Waals surface area contributed by atoms with Crippen LogP contribution in [0.1, 0.15) is 34.8 Å². The van der Waals surface area contributed by atoms with E-state index in [9.17, 15) is 4.79 Å². The molecule has 228 valence electrons. The Morgan fingerprint density at radius 2 is 1.43 bits per heavy atom. The van der Waals surface area contributed by atoms with Gasteiger partial charge in [-0.3, -0.25) is 10.2 Å². The Hall–Kier alpha value is -3.02. The molecule has 1 aliphatic heterocycles. The minimum Gasteiger partial charge on any atom is -0.494 e. The van der Waals surface area contributed by atoms with E-state index in [4.69, 9.17) is 19.6 Å². The largest absolute Gasteiger partial charge is 0.494 e. The summed E-state index contributed by atoms with van der Waals surface area (Å²) in [5.74, 6) is 0.768. The van der Waals surface area contributed by atoms with Gasteiger partial charge in [0.15, 0.2) is 11.6 Å². The summed E-state index contributed by atoms with van der Waals surface area (Å²) in [5, 5.41) is 9.05. The topological polar surface area (TPSA) is 92.2 Å². The second-order valence-electron chi connectivity index (χ2n) is 10.4. The van der Waals surface area contributed by atoms with Gasteiger partial charge in [-0.05, 0) is 83.8 Å². The summed E-state index contributed by atoms with van der Waals surface area (Å²) < 4.78 is 15.2. The molecule has 10 heteroatoms. The predicted octanol–water partition coefficient (Wildman–Crippen LogP) is 7.10. The van der Waals surface area contributed by atoms with Gasteiger partial charge >= 0.3 is 0 Å². The van der Waals surface area contributed by atoms with Gasteiger partial charge in [-0.25, -0.2) is 10.4 Å². The van der Waals surface area contributed by atoms with E-state index < -0.39 is 11.6 Å². The fourth-order valence-electron chi connectivity index (χ4n) is 4.94. The first-order chi connectivity index (χ1) is 21.4. The third kappa shape index (κ3) is 8.17. The maximum absolute atomic E-state index is 14.3. The summed E-state index contributed by atoms with van der Waals surface area (Å²) in [5.41, 5.74) is 8.44. The van der Waals surface area contributed by atoms with Gasteiger partial charge in [-0.1, -0.05) is 84.2 Å². The number of hydrogen-bond acceptors (Lipinski definition) is 6. The molecule has 44 heavy (non-hydrogen) atoms. The molecule has 0 unspecified atom stereocenters. The summed E-state index contributed by atoms with van der Waals surface area (Å²) in [6.07, 6.45) is 0.911. The van der Waals surface area contributed by atoms with Crippen LogP contribution in [0.3, 0.4) is 0 Å². The molecule has 7 nitrogen and oxygen atoms in total. The van der Waals surface area contributed by atoms with Crippen LogP contribution in [0, 0.1) is 0 Å². The van der Waals surface area contributed by atoms with Gasteiger partial charge in [0.1, 0.15) is 5.75 Å². The lowest BCUT2D eigenvalue weighted by Gasteiger charge is -2.31. The van der Waals surface area contributed by atoms with Crippen LogP contribution in [0.25, 0.3) is 0 Å². The number of carbonyl (C=O) groups is 1. The highest BCUT2D eigenvalue weighted by Crippen LogP contribution is 2.43. The van der Waals surface area contributed by atoms with Crippen molar-refractivity contribution in [2.24, 2.45) is 4.99 Å². The normalized spacial score (nSPS) is 17.5. The second-order valence-corrected chi connectivity index (χ2v) is 13.1. The highest BCUT2D eigenvalue weighted by molar-refractivity contribution is 9.11. The van der Waals surface area contributed by atoms with Gasteiger partial charge in [-0.15, -0.1) is 0 Å². The Labute approximate surface area is 282 Å². The Bertz CT molecular complexity index is 1560. The van der Waals surface area contributed by atoms with E-state index in [0.717, 1.165) is 42.1 Å². The van der Waals surface area contributed by atoms with E-state index in [0.29, 0.717) is 37.6 Å². The molecule has 1 heterocycles. The van der Waals surface area contributed by atoms with Crippen LogP contribution in [0.15, 0.2) is 115 Å². The van der Waals surface area contributed by atoms with Gasteiger partial charge in [0.25, 0.3) is 5.91 Å². The van der Waals surface area contributed by atoms with Gasteiger partial charge < -0.3 is 14.6 Å². The molecular formula is C34H32Br3N3O4. The quantitative estimate of drug-likeness (QED) is 0.0995. The Morgan fingerprint density at radius 3 is 2.05 bits per heavy atom. The van der Waals surface area contributed by atoms with Crippen LogP contribution in [-0.4, -0.2) is 42.2 Å². The fraction of sp³-hybridized carbons (Fsp3) is 0.235. The third-order valence-corrected chi connectivity index (χ3v) is 8.83. The molecule has 0 aliphatic carbocycles. The summed E-state index contributed by atoms with van der Waals surface area (Å²) in [4.78, 5) is 19.4. The number of rotatable bonds is 13. The molecule has 1 aliphatic rings. The lowest BCUT2D eigenvalue weighted by molar-refractivity contribution is -0.130. The number of aliphatic hydroxyl groups is 1. The van der Waals surface area contributed by atoms with E-state index in [1.165, 1.54) is 0 Å². The van der Waals surface area contributed by atoms with Crippen molar-refractivity contribution in [1.82, 2.24) is 10.9 Å². The Kier molecular flexibility index (Phi) is 11.3. The van der Waals surface area contributed by atoms with E-state index in [1.807, 2.05) is 84.9 Å². The van der Waals surface area contributed by atoms with E-state index in [1.54, 1.807) is 0 Å². The summed E-state index contributed by atoms with van der Waals surface area (Å²) in [6, 6.07) is 31.2. The molecule has 0 bridgehead atoms. The van der Waals surface area contributed by atoms with Crippen LogP contribution in [0.4, 0.5) is 0 Å². The van der Waals surface area contributed by atoms with Crippen LogP contribution in [-0.2, 0) is 22.4 Å². The minimum absolute atomic E-state index is 0.0712. The average Bonchev–Trinajstić information content (AvgIpc) is 3.42. The molecule has 2 atom stereocenters. The molecule has 4 aromatic rings. The van der Waals surface area contributed by atoms with Crippen LogP contribution in [0.2, 0.25) is 0 Å². The highest BCUT2D eigenvalue weighted by Gasteiger charge is 2.53. The van der Waals surface area contributed by atoms with Crippen LogP contribution in [0.5, 0.6) is 5.75 Å². The third-order valence-electron chi connectivity index (χ3n) is 7.24. The predicted molar refractivity (Wildman–Crippen MR) is 183 cm³/mol. The molecule has 3 N–H and O–H groups in total. The minimum atomic E-state index is -1.31. The first-order valence-electron chi connectivity index (χ1n) is 14.2. The van der Waals surface area contributed by atoms with Gasteiger partial charge in [0.2, 0.25) is 5.90 Å². The number of benzene rings is 4. The van der Waals surface area contributed by atoms with Crippen molar-refractivity contribution in [3.63, 3.8) is 0 Å². The van der Waals surface area contributed by atoms with Crippen molar-refractivity contribution in [3.05, 3.63) is 133 Å². The Balaban J connectivity index is 1.46. The SMILES string of the molecule is O=C(NNCCc1ccc(Br)cc1)[C@@]1(Cc2ccc(Br)cc2)N=C(c2ccc(OCCCO)cc2)O[C@H]1c1ccc(Br)cc1. The number of amides is 1. The number of hydrazine groups is 1. The molecule has 1 amide bonds. The lowest BCUT2D eigenvalue weighted by atomic mass is 9.82. The second kappa shape index (κ2) is 15.3. The zero-order valence-electron chi connectivity index (χ0n) is 23.8. The zero-order valence-corrected chi connectivity index (χ0v) is 28.6. The number of aliphatic imine (C=N–C) groups is 1. The summed E-state index contributed by atoms with van der Waals surface area (Å²) in [7, 11) is 0. The van der Waals surface area contributed by atoms with Crippen molar-refractivity contribution in [1.29, 1.82) is 0 Å². The lowest BCUT2D eigenvalue weighted by Crippen LogP contribution is -2.54. The molecule has 0 aromatic heterocycles. The number of aliphatic hydroxyl groups excluding tert-OH is 1. The van der Waals surface area contributed by atoms with Crippen molar-refractivity contribution in [2.75, 3.05) is 19.8 Å². The Morgan fingerprint density at radius 1 is 0.841 bits per heavy atom. The maximum atomic E-state index is 14.3. The highest BCUT2D eigenvalue weighted by atomic mass is 79.9. The molecule has 5 rings (SSSR count). The summed E-state index contributed by atoms with van der Waals surface area (Å²) in [6.45, 7) is 1.03. The molecule has 0 radical (unpaired) electrons. The van der Waals surface area contributed by atoms with Crippen LogP contribution >= 0.6 is 47.8 Å². The molecular weight excluding hydrogens is 754 g/mol. The molecule has 0 spiro atoms. The van der Waals surface area contributed by atoms with Crippen molar-refractivity contribution in [2.45, 2.75) is 30.9 Å². The van der Waals surface area contributed by atoms with E-state index >= 15 is 0 Å². The smallest absolute Gasteiger partial charge is 0.266 e. The number of carbonyl (C=O) groups excluding carboxylic acids is 1. The van der Waals surface area contributed by atoms with Gasteiger partial charge in [0, 0.05) is 45.0 Å². The van der Waals surface area contributed by atoms with Crippen molar-refractivity contribution >= 4 is 59.6 Å². The van der Waals surface area contributed by atoms with E-state index in [2.05, 4.69) is 70.8 Å². The number of nitrogens with zero attached hydrogens (tertiary/aromatic N) is 1. The number of nitrogens with one attached hydrogen (secondary N) is 2. The van der Waals surface area contributed by atoms with Crippen LogP contribution < -0.4 is 15.6 Å². The standard InChI is InChI=1S/C34H32Br3N3O4/c35-27-10-2-23(3-11-27)18-19-38-40-33(42)34(22-24-4-12-28(36)13-5-24)31(25-6-14-29(37)15-7-25)44-32(39-34)26-8-16-30(17-9-26)43-21-1-20-41/h2-17,31,38,41H,1,18-22H2,(H,40,42)/t31-,34-/m0/s1. The first kappa shape index (κ1) is 32.4. The number of hydrogen-bond donors (Lipinski definition) is 3. The van der Waals surface area contributed by atoms with Gasteiger partial charge in [-0.2, -0.15) is 0 Å². The van der Waals surface area contributed by atoms with Gasteiger partial charge in [0.05, 0.1) is 6.61 Å². The molecule has 0 fully saturated rings. The monoisotopic (exact) mass is 783 g/mol. The number of halogens is 3. The molecule has 0 saturated heterocycles. The van der Waals surface area contributed by atoms with E-state index in [-0.39, 0.29) is 12.5 Å². The van der Waals surface area contributed by atoms with Crippen molar-refractivity contribution < 1.29 is 19.4 Å². The molecule has 0 saturated carbocycles.